The van der Waals surface area contributed by atoms with E-state index in [1.807, 2.05) is 0 Å². The van der Waals surface area contributed by atoms with Crippen LogP contribution in [0.2, 0.25) is 0 Å². The Morgan fingerprint density at radius 2 is 2.37 bits per heavy atom. The maximum absolute atomic E-state index is 6.11. The summed E-state index contributed by atoms with van der Waals surface area (Å²) in [5.74, 6) is 0.814. The molecule has 1 aliphatic rings. The summed E-state index contributed by atoms with van der Waals surface area (Å²) in [5.41, 5.74) is 7.63. The third kappa shape index (κ3) is 3.38. The van der Waals surface area contributed by atoms with Gasteiger partial charge in [-0.25, -0.2) is 0 Å². The second-order valence-corrected chi connectivity index (χ2v) is 6.63. The minimum atomic E-state index is 0.298. The second kappa shape index (κ2) is 6.08. The van der Waals surface area contributed by atoms with E-state index in [9.17, 15) is 0 Å². The Balaban J connectivity index is 2.07. The summed E-state index contributed by atoms with van der Waals surface area (Å²) in [6.45, 7) is 7.59. The molecule has 3 unspecified atom stereocenters. The van der Waals surface area contributed by atoms with Crippen LogP contribution in [0, 0.1) is 11.3 Å². The third-order valence-corrected chi connectivity index (χ3v) is 4.88. The minimum Gasteiger partial charge on any atom is -0.330 e. The van der Waals surface area contributed by atoms with Gasteiger partial charge in [-0.1, -0.05) is 26.7 Å². The minimum absolute atomic E-state index is 0.298. The maximum atomic E-state index is 6.11. The van der Waals surface area contributed by atoms with Crippen LogP contribution in [0.5, 0.6) is 0 Å². The molecule has 1 aromatic heterocycles. The lowest BCUT2D eigenvalue weighted by Gasteiger charge is -2.39. The predicted octanol–water partition coefficient (Wildman–Crippen LogP) is 3.55. The molecule has 0 amide bonds. The van der Waals surface area contributed by atoms with Gasteiger partial charge in [-0.15, -0.1) is 0 Å². The van der Waals surface area contributed by atoms with Crippen molar-refractivity contribution in [1.29, 1.82) is 0 Å². The zero-order valence-corrected chi connectivity index (χ0v) is 12.7. The molecule has 2 N–H and O–H groups in total. The van der Waals surface area contributed by atoms with Gasteiger partial charge in [0.1, 0.15) is 0 Å². The Hall–Kier alpha value is -0.830. The first-order valence-corrected chi connectivity index (χ1v) is 7.82. The van der Waals surface area contributed by atoms with Gasteiger partial charge in [0.2, 0.25) is 0 Å². The molecule has 0 radical (unpaired) electrons. The lowest BCUT2D eigenvalue weighted by molar-refractivity contribution is 0.152. The summed E-state index contributed by atoms with van der Waals surface area (Å²) in [5, 5.41) is 4.75. The van der Waals surface area contributed by atoms with Crippen LogP contribution < -0.4 is 5.73 Å². The van der Waals surface area contributed by atoms with Crippen LogP contribution in [-0.2, 0) is 6.42 Å². The molecule has 1 saturated carbocycles. The van der Waals surface area contributed by atoms with Gasteiger partial charge in [0.05, 0.1) is 5.69 Å². The van der Waals surface area contributed by atoms with Crippen LogP contribution in [0.15, 0.2) is 12.3 Å². The summed E-state index contributed by atoms with van der Waals surface area (Å²) < 4.78 is 2.10. The highest BCUT2D eigenvalue weighted by Crippen LogP contribution is 2.40. The summed E-state index contributed by atoms with van der Waals surface area (Å²) in [7, 11) is 0. The molecule has 3 atom stereocenters. The lowest BCUT2D eigenvalue weighted by atomic mass is 9.68. The van der Waals surface area contributed by atoms with Crippen molar-refractivity contribution in [3.05, 3.63) is 18.0 Å². The van der Waals surface area contributed by atoms with E-state index in [2.05, 4.69) is 37.7 Å². The Morgan fingerprint density at radius 3 is 3.00 bits per heavy atom. The van der Waals surface area contributed by atoms with Crippen molar-refractivity contribution < 1.29 is 0 Å². The van der Waals surface area contributed by atoms with Crippen molar-refractivity contribution in [3.8, 4) is 0 Å². The molecule has 2 rings (SSSR count). The topological polar surface area (TPSA) is 43.8 Å². The highest BCUT2D eigenvalue weighted by molar-refractivity contribution is 5.05. The molecule has 1 aromatic rings. The fraction of sp³-hybridized carbons (Fsp3) is 0.812. The van der Waals surface area contributed by atoms with E-state index in [-0.39, 0.29) is 0 Å². The predicted molar refractivity (Wildman–Crippen MR) is 80.1 cm³/mol. The van der Waals surface area contributed by atoms with Gasteiger partial charge in [-0.2, -0.15) is 5.10 Å². The monoisotopic (exact) mass is 263 g/mol. The Morgan fingerprint density at radius 1 is 1.58 bits per heavy atom. The first-order valence-electron chi connectivity index (χ1n) is 7.82. The van der Waals surface area contributed by atoms with Crippen LogP contribution in [0.4, 0.5) is 0 Å². The smallest absolute Gasteiger partial charge is 0.0630 e. The van der Waals surface area contributed by atoms with Crippen LogP contribution in [0.25, 0.3) is 0 Å². The first-order chi connectivity index (χ1) is 9.08. The van der Waals surface area contributed by atoms with Gasteiger partial charge in [-0.05, 0) is 56.6 Å². The third-order valence-electron chi connectivity index (χ3n) is 4.88. The van der Waals surface area contributed by atoms with Gasteiger partial charge in [0.15, 0.2) is 0 Å². The lowest BCUT2D eigenvalue weighted by Crippen LogP contribution is -2.37. The largest absolute Gasteiger partial charge is 0.330 e. The molecule has 1 aliphatic carbocycles. The van der Waals surface area contributed by atoms with Crippen molar-refractivity contribution in [2.75, 3.05) is 6.54 Å². The van der Waals surface area contributed by atoms with Crippen molar-refractivity contribution in [1.82, 2.24) is 9.78 Å². The molecule has 0 aliphatic heterocycles. The molecule has 3 heteroatoms. The van der Waals surface area contributed by atoms with E-state index in [1.165, 1.54) is 31.4 Å². The van der Waals surface area contributed by atoms with Gasteiger partial charge in [0.25, 0.3) is 0 Å². The van der Waals surface area contributed by atoms with Crippen LogP contribution >= 0.6 is 0 Å². The first kappa shape index (κ1) is 14.6. The van der Waals surface area contributed by atoms with Crippen LogP contribution in [0.1, 0.15) is 64.6 Å². The molecule has 1 fully saturated rings. The number of hydrogen-bond acceptors (Lipinski definition) is 2. The zero-order valence-electron chi connectivity index (χ0n) is 12.7. The summed E-state index contributed by atoms with van der Waals surface area (Å²) in [4.78, 5) is 0. The van der Waals surface area contributed by atoms with E-state index < -0.39 is 0 Å². The second-order valence-electron chi connectivity index (χ2n) is 6.63. The molecular formula is C16H29N3. The number of hydrogen-bond donors (Lipinski definition) is 1. The van der Waals surface area contributed by atoms with Gasteiger partial charge < -0.3 is 5.73 Å². The Kier molecular flexibility index (Phi) is 4.67. The van der Waals surface area contributed by atoms with Crippen molar-refractivity contribution >= 4 is 0 Å². The maximum Gasteiger partial charge on any atom is 0.0630 e. The van der Waals surface area contributed by atoms with E-state index in [0.29, 0.717) is 11.5 Å². The van der Waals surface area contributed by atoms with E-state index in [1.54, 1.807) is 0 Å². The molecule has 0 aromatic carbocycles. The zero-order chi connectivity index (χ0) is 13.9. The molecule has 1 heterocycles. The summed E-state index contributed by atoms with van der Waals surface area (Å²) in [6, 6.07) is 2.68. The molecule has 3 nitrogen and oxygen atoms in total. The van der Waals surface area contributed by atoms with Crippen molar-refractivity contribution in [2.45, 2.75) is 65.3 Å². The molecular weight excluding hydrogens is 234 g/mol. The van der Waals surface area contributed by atoms with Crippen LogP contribution in [0.3, 0.4) is 0 Å². The SMILES string of the molecule is CCC(C)n1ccc(CC2(CN)CCCC(C)C2)n1. The quantitative estimate of drug-likeness (QED) is 0.883. The molecule has 108 valence electrons. The number of rotatable bonds is 5. The molecule has 0 bridgehead atoms. The average molecular weight is 263 g/mol. The highest BCUT2D eigenvalue weighted by atomic mass is 15.3. The molecule has 0 saturated heterocycles. The fourth-order valence-electron chi connectivity index (χ4n) is 3.48. The fourth-order valence-corrected chi connectivity index (χ4v) is 3.48. The van der Waals surface area contributed by atoms with E-state index in [4.69, 9.17) is 10.8 Å². The average Bonchev–Trinajstić information content (AvgIpc) is 2.86. The van der Waals surface area contributed by atoms with Crippen LogP contribution in [-0.4, -0.2) is 16.3 Å². The van der Waals surface area contributed by atoms with Gasteiger partial charge >= 0.3 is 0 Å². The van der Waals surface area contributed by atoms with Crippen molar-refractivity contribution in [2.24, 2.45) is 17.1 Å². The normalized spacial score (nSPS) is 29.4. The van der Waals surface area contributed by atoms with Gasteiger partial charge in [0, 0.05) is 12.2 Å². The summed E-state index contributed by atoms with van der Waals surface area (Å²) in [6.07, 6.45) is 9.52. The molecule has 19 heavy (non-hydrogen) atoms. The van der Waals surface area contributed by atoms with E-state index >= 15 is 0 Å². The number of aromatic nitrogens is 2. The van der Waals surface area contributed by atoms with E-state index in [0.717, 1.165) is 25.3 Å². The highest BCUT2D eigenvalue weighted by Gasteiger charge is 2.34. The Labute approximate surface area is 117 Å². The Bertz CT molecular complexity index is 398. The van der Waals surface area contributed by atoms with Gasteiger partial charge in [-0.3, -0.25) is 4.68 Å². The molecule has 0 spiro atoms. The summed E-state index contributed by atoms with van der Waals surface area (Å²) >= 11 is 0. The number of nitrogens with two attached hydrogens (primary N) is 1. The standard InChI is InChI=1S/C16H29N3/c1-4-14(3)19-9-7-15(18-19)11-16(12-17)8-5-6-13(2)10-16/h7,9,13-14H,4-6,8,10-12,17H2,1-3H3. The number of nitrogens with zero attached hydrogens (tertiary/aromatic N) is 2. The van der Waals surface area contributed by atoms with Crippen molar-refractivity contribution in [3.63, 3.8) is 0 Å².